The van der Waals surface area contributed by atoms with Crippen LogP contribution in [0, 0.1) is 0 Å². The average Bonchev–Trinajstić information content (AvgIpc) is 1.29. The maximum Gasteiger partial charge on any atom is 0.256 e. The summed E-state index contributed by atoms with van der Waals surface area (Å²) in [6.07, 6.45) is 6.76. The normalized spacial score (nSPS) is 14.3. The lowest BCUT2D eigenvalue weighted by Gasteiger charge is -2.47. The van der Waals surface area contributed by atoms with Gasteiger partial charge in [-0.2, -0.15) is 0 Å². The highest BCUT2D eigenvalue weighted by Crippen LogP contribution is 2.55. The van der Waals surface area contributed by atoms with Crippen LogP contribution in [0.15, 0.2) is 333 Å². The van der Waals surface area contributed by atoms with Gasteiger partial charge in [0.05, 0.1) is 26.5 Å². The molecule has 101 heavy (non-hydrogen) atoms. The Labute approximate surface area is 597 Å². The number of hydrogen-bond donors (Lipinski definition) is 0. The number of benzene rings is 14. The van der Waals surface area contributed by atoms with E-state index in [0.29, 0.717) is 0 Å². The van der Waals surface area contributed by atoms with E-state index in [2.05, 4.69) is 341 Å². The quantitative estimate of drug-likeness (QED) is 0.106. The first kappa shape index (κ1) is 57.3. The largest absolute Gasteiger partial charge is 0.458 e. The summed E-state index contributed by atoms with van der Waals surface area (Å²) < 4.78 is 15.3. The molecule has 14 aromatic carbocycles. The number of ether oxygens (including phenoxy) is 1. The van der Waals surface area contributed by atoms with E-state index >= 15 is 0 Å². The molecule has 0 saturated heterocycles. The Kier molecular flexibility index (Phi) is 12.7. The molecule has 5 aliphatic rings. The molecule has 10 heteroatoms. The summed E-state index contributed by atoms with van der Waals surface area (Å²) in [5.41, 5.74) is 25.0. The number of nitrogens with zero attached hydrogens (tertiary/aromatic N) is 4. The van der Waals surface area contributed by atoms with E-state index in [1.54, 1.807) is 0 Å². The standard InChI is InChI=1S/C91H58B2N4OS3/c1-5-26-56(27-6-1)86(68-40-23-37-65-62-34-13-20-47-83(62)99-89(65)68)57-50-78-88-82(51-57)98-81-46-19-17-42-70(81)93(88)72-54-71-76(55-77(72)97(78)75-45-25-39-67-64-36-15-22-49-85(64)101-91(67)75)95(60-32-11-4-12-33-60)79-52-61(94(58-28-7-2-8-29-58)59-30-9-3-10-31-59)53-80-87(79)92(71)69-41-16-18-43-73(69)96(80)74-44-24-38-66-63-35-14-21-48-84(63)100-90(66)74/h1-17,19-42,44-55,86H,18,43H2. The molecular weight excluding hydrogens is 1280 g/mol. The summed E-state index contributed by atoms with van der Waals surface area (Å²) in [6.45, 7) is -0.347. The van der Waals surface area contributed by atoms with Gasteiger partial charge < -0.3 is 24.3 Å². The van der Waals surface area contributed by atoms with Crippen molar-refractivity contribution in [1.29, 1.82) is 0 Å². The van der Waals surface area contributed by atoms with Gasteiger partial charge in [-0.15, -0.1) is 34.0 Å². The molecule has 0 saturated carbocycles. The fourth-order valence-corrected chi connectivity index (χ4v) is 21.4. The smallest absolute Gasteiger partial charge is 0.256 e. The Balaban J connectivity index is 0.863. The fourth-order valence-electron chi connectivity index (χ4n) is 17.7. The average molecular weight is 1340 g/mol. The highest BCUT2D eigenvalue weighted by molar-refractivity contribution is 7.27. The molecule has 0 N–H and O–H groups in total. The van der Waals surface area contributed by atoms with Crippen molar-refractivity contribution in [2.45, 2.75) is 18.8 Å². The van der Waals surface area contributed by atoms with Crippen LogP contribution in [-0.4, -0.2) is 13.4 Å². The highest BCUT2D eigenvalue weighted by atomic mass is 32.1. The van der Waals surface area contributed by atoms with Gasteiger partial charge in [-0.25, -0.2) is 0 Å². The van der Waals surface area contributed by atoms with Crippen LogP contribution in [0.1, 0.15) is 35.4 Å². The molecule has 0 spiro atoms. The van der Waals surface area contributed by atoms with Crippen LogP contribution in [0.4, 0.5) is 62.6 Å². The maximum absolute atomic E-state index is 7.57. The van der Waals surface area contributed by atoms with Crippen LogP contribution in [0.3, 0.4) is 0 Å². The second kappa shape index (κ2) is 22.4. The molecule has 7 heterocycles. The minimum absolute atomic E-state index is 0.150. The van der Waals surface area contributed by atoms with Gasteiger partial charge in [0.25, 0.3) is 13.4 Å². The van der Waals surface area contributed by atoms with E-state index < -0.39 is 0 Å². The molecule has 472 valence electrons. The Morgan fingerprint density at radius 3 is 1.52 bits per heavy atom. The predicted octanol–water partition coefficient (Wildman–Crippen LogP) is 22.5. The zero-order chi connectivity index (χ0) is 66.0. The second-order valence-electron chi connectivity index (χ2n) is 27.2. The summed E-state index contributed by atoms with van der Waals surface area (Å²) in [5, 5.41) is 7.66. The third kappa shape index (κ3) is 8.56. The Morgan fingerprint density at radius 2 is 0.861 bits per heavy atom. The van der Waals surface area contributed by atoms with Gasteiger partial charge >= 0.3 is 0 Å². The van der Waals surface area contributed by atoms with Crippen LogP contribution >= 0.6 is 34.0 Å². The zero-order valence-electron chi connectivity index (χ0n) is 54.7. The van der Waals surface area contributed by atoms with Crippen molar-refractivity contribution in [3.63, 3.8) is 0 Å². The number of fused-ring (bicyclic) bond motifs is 16. The number of thiophene rings is 3. The summed E-state index contributed by atoms with van der Waals surface area (Å²) in [4.78, 5) is 10.5. The molecule has 3 aromatic heterocycles. The third-order valence-electron chi connectivity index (χ3n) is 21.8. The maximum atomic E-state index is 7.57. The van der Waals surface area contributed by atoms with E-state index in [0.717, 1.165) is 81.0 Å². The second-order valence-corrected chi connectivity index (χ2v) is 30.3. The van der Waals surface area contributed by atoms with E-state index in [-0.39, 0.29) is 19.3 Å². The van der Waals surface area contributed by atoms with Gasteiger partial charge in [0, 0.05) is 108 Å². The van der Waals surface area contributed by atoms with E-state index in [4.69, 9.17) is 4.74 Å². The van der Waals surface area contributed by atoms with Crippen molar-refractivity contribution in [1.82, 2.24) is 0 Å². The van der Waals surface area contributed by atoms with Crippen molar-refractivity contribution in [3.05, 3.63) is 349 Å². The Bertz CT molecular complexity index is 6340. The molecule has 1 atom stereocenters. The zero-order valence-corrected chi connectivity index (χ0v) is 57.1. The lowest BCUT2D eigenvalue weighted by atomic mass is 9.30. The van der Waals surface area contributed by atoms with Gasteiger partial charge in [0.15, 0.2) is 0 Å². The predicted molar refractivity (Wildman–Crippen MR) is 433 cm³/mol. The van der Waals surface area contributed by atoms with Crippen molar-refractivity contribution in [2.75, 3.05) is 19.6 Å². The van der Waals surface area contributed by atoms with Crippen LogP contribution in [0.25, 0.3) is 60.5 Å². The summed E-state index contributed by atoms with van der Waals surface area (Å²) in [6, 6.07) is 116. The third-order valence-corrected chi connectivity index (χ3v) is 25.5. The topological polar surface area (TPSA) is 22.2 Å². The molecule has 22 rings (SSSR count). The molecule has 0 amide bonds. The van der Waals surface area contributed by atoms with E-state index in [1.165, 1.54) is 122 Å². The molecule has 1 unspecified atom stereocenters. The highest BCUT2D eigenvalue weighted by Gasteiger charge is 2.49. The SMILES string of the molecule is C1=CC2=C(CC1)N(c1cccc3c1sc1ccccc13)c1cc(N(c3ccccc3)c3ccccc3)cc3c1B2c1cc2c(cc1N3c1ccccc1)N(c1cccc3c1sc1ccccc13)c1cc(C(c3ccccc3)c3cccc4c3sc3ccccc34)cc3c1B2c1ccccc1O3. The van der Waals surface area contributed by atoms with Crippen molar-refractivity contribution in [3.8, 4) is 11.5 Å². The molecule has 4 aliphatic heterocycles. The van der Waals surface area contributed by atoms with Crippen molar-refractivity contribution >= 4 is 198 Å². The Hall–Kier alpha value is -11.7. The minimum Gasteiger partial charge on any atom is -0.458 e. The number of anilines is 11. The molecule has 0 bridgehead atoms. The van der Waals surface area contributed by atoms with Crippen molar-refractivity contribution in [2.24, 2.45) is 0 Å². The van der Waals surface area contributed by atoms with Crippen molar-refractivity contribution < 1.29 is 4.74 Å². The molecular formula is C91H58B2N4OS3. The summed E-state index contributed by atoms with van der Waals surface area (Å²) in [7, 11) is 0. The van der Waals surface area contributed by atoms with Gasteiger partial charge in [0.1, 0.15) is 11.5 Å². The summed E-state index contributed by atoms with van der Waals surface area (Å²) >= 11 is 5.70. The van der Waals surface area contributed by atoms with Crippen LogP contribution in [-0.2, 0) is 0 Å². The molecule has 1 aliphatic carbocycles. The van der Waals surface area contributed by atoms with Gasteiger partial charge in [-0.3, -0.25) is 0 Å². The lowest BCUT2D eigenvalue weighted by molar-refractivity contribution is 0.486. The fraction of sp³-hybridized carbons (Fsp3) is 0.0330. The molecule has 17 aromatic rings. The first-order chi connectivity index (χ1) is 50.1. The van der Waals surface area contributed by atoms with Crippen LogP contribution in [0.5, 0.6) is 11.5 Å². The van der Waals surface area contributed by atoms with Gasteiger partial charge in [-0.1, -0.05) is 218 Å². The van der Waals surface area contributed by atoms with E-state index in [1.807, 2.05) is 34.0 Å². The minimum atomic E-state index is -0.196. The number of hydrogen-bond acceptors (Lipinski definition) is 8. The first-order valence-corrected chi connectivity index (χ1v) is 37.4. The summed E-state index contributed by atoms with van der Waals surface area (Å²) in [5.74, 6) is 1.62. The van der Waals surface area contributed by atoms with E-state index in [9.17, 15) is 0 Å². The van der Waals surface area contributed by atoms with Gasteiger partial charge in [-0.05, 0) is 165 Å². The van der Waals surface area contributed by atoms with Crippen LogP contribution < -0.4 is 51.7 Å². The number of allylic oxidation sites excluding steroid dienone is 4. The molecule has 0 fully saturated rings. The lowest BCUT2D eigenvalue weighted by Crippen LogP contribution is -2.62. The Morgan fingerprint density at radius 1 is 0.347 bits per heavy atom. The van der Waals surface area contributed by atoms with Crippen LogP contribution in [0.2, 0.25) is 0 Å². The molecule has 0 radical (unpaired) electrons. The number of para-hydroxylation sites is 4. The van der Waals surface area contributed by atoms with Gasteiger partial charge in [0.2, 0.25) is 0 Å². The monoisotopic (exact) mass is 1340 g/mol. The first-order valence-electron chi connectivity index (χ1n) is 34.9. The number of rotatable bonds is 9. The molecule has 5 nitrogen and oxygen atoms in total.